The van der Waals surface area contributed by atoms with Crippen LogP contribution >= 0.6 is 0 Å². The zero-order chi connectivity index (χ0) is 15.9. The zero-order valence-electron chi connectivity index (χ0n) is 13.5. The van der Waals surface area contributed by atoms with E-state index in [-0.39, 0.29) is 23.7 Å². The maximum Gasteiger partial charge on any atom is 0.0600 e. The van der Waals surface area contributed by atoms with Crippen LogP contribution in [0.25, 0.3) is 0 Å². The largest absolute Gasteiger partial charge is 0.393 e. The SMILES string of the molecule is C=C1CC[C@@H](O)C/C1=C/C=C1\C[C@@H](O)C[C@]2(C)[C@H](O)CC[C@@H]12. The van der Waals surface area contributed by atoms with E-state index in [1.807, 2.05) is 0 Å². The Labute approximate surface area is 133 Å². The van der Waals surface area contributed by atoms with Crippen molar-refractivity contribution in [1.29, 1.82) is 0 Å². The Kier molecular flexibility index (Phi) is 4.32. The van der Waals surface area contributed by atoms with Gasteiger partial charge in [0.25, 0.3) is 0 Å². The highest BCUT2D eigenvalue weighted by molar-refractivity contribution is 5.36. The van der Waals surface area contributed by atoms with Gasteiger partial charge >= 0.3 is 0 Å². The van der Waals surface area contributed by atoms with Crippen molar-refractivity contribution in [3.05, 3.63) is 35.5 Å². The van der Waals surface area contributed by atoms with Crippen molar-refractivity contribution in [1.82, 2.24) is 0 Å². The molecule has 0 saturated heterocycles. The lowest BCUT2D eigenvalue weighted by atomic mass is 9.65. The van der Waals surface area contributed by atoms with Crippen LogP contribution in [0.15, 0.2) is 35.5 Å². The standard InChI is InChI=1S/C19H28O3/c1-12-3-6-15(20)9-13(12)4-5-14-10-16(21)11-19(2)17(14)7-8-18(19)22/h4-5,15-18,20-22H,1,3,6-11H2,2H3/b13-4-,14-5+/t15-,16-,17+,18-,19+/m1/s1. The molecule has 3 nitrogen and oxygen atoms in total. The minimum absolute atomic E-state index is 0.189. The predicted octanol–water partition coefficient (Wildman–Crippen LogP) is 2.87. The van der Waals surface area contributed by atoms with Gasteiger partial charge in [-0.15, -0.1) is 0 Å². The molecule has 3 aliphatic carbocycles. The number of hydrogen-bond acceptors (Lipinski definition) is 3. The van der Waals surface area contributed by atoms with Crippen molar-refractivity contribution in [2.45, 2.75) is 70.2 Å². The highest BCUT2D eigenvalue weighted by Gasteiger charge is 2.50. The summed E-state index contributed by atoms with van der Waals surface area (Å²) in [5.74, 6) is 0.365. The second kappa shape index (κ2) is 5.95. The van der Waals surface area contributed by atoms with E-state index < -0.39 is 0 Å². The molecule has 3 saturated carbocycles. The van der Waals surface area contributed by atoms with Crippen LogP contribution in [0.5, 0.6) is 0 Å². The molecule has 122 valence electrons. The Morgan fingerprint density at radius 1 is 1.05 bits per heavy atom. The van der Waals surface area contributed by atoms with Crippen LogP contribution in [0, 0.1) is 11.3 Å². The maximum atomic E-state index is 10.3. The van der Waals surface area contributed by atoms with Crippen molar-refractivity contribution >= 4 is 0 Å². The van der Waals surface area contributed by atoms with Crippen LogP contribution in [0.4, 0.5) is 0 Å². The predicted molar refractivity (Wildman–Crippen MR) is 87.2 cm³/mol. The molecule has 0 aromatic carbocycles. The molecule has 3 heteroatoms. The monoisotopic (exact) mass is 304 g/mol. The topological polar surface area (TPSA) is 60.7 Å². The van der Waals surface area contributed by atoms with E-state index in [4.69, 9.17) is 0 Å². The molecule has 3 aliphatic rings. The average molecular weight is 304 g/mol. The second-order valence-electron chi connectivity index (χ2n) is 7.65. The molecule has 5 atom stereocenters. The molecular weight excluding hydrogens is 276 g/mol. The number of allylic oxidation sites excluding steroid dienone is 3. The molecule has 0 bridgehead atoms. The third-order valence-electron chi connectivity index (χ3n) is 6.07. The first-order valence-corrected chi connectivity index (χ1v) is 8.52. The number of aliphatic hydroxyl groups is 3. The fourth-order valence-electron chi connectivity index (χ4n) is 4.68. The summed E-state index contributed by atoms with van der Waals surface area (Å²) < 4.78 is 0. The van der Waals surface area contributed by atoms with Crippen LogP contribution in [-0.2, 0) is 0 Å². The fourth-order valence-corrected chi connectivity index (χ4v) is 4.68. The van der Waals surface area contributed by atoms with E-state index in [9.17, 15) is 15.3 Å². The normalized spacial score (nSPS) is 46.3. The van der Waals surface area contributed by atoms with Crippen molar-refractivity contribution < 1.29 is 15.3 Å². The summed E-state index contributed by atoms with van der Waals surface area (Å²) in [6.07, 6.45) is 8.84. The van der Waals surface area contributed by atoms with E-state index in [0.29, 0.717) is 25.2 Å². The lowest BCUT2D eigenvalue weighted by Gasteiger charge is -2.42. The fraction of sp³-hybridized carbons (Fsp3) is 0.684. The van der Waals surface area contributed by atoms with Gasteiger partial charge in [-0.3, -0.25) is 0 Å². The first-order valence-electron chi connectivity index (χ1n) is 8.52. The molecule has 3 rings (SSSR count). The van der Waals surface area contributed by atoms with E-state index in [2.05, 4.69) is 25.7 Å². The van der Waals surface area contributed by atoms with Gasteiger partial charge < -0.3 is 15.3 Å². The summed E-state index contributed by atoms with van der Waals surface area (Å²) in [6.45, 7) is 6.22. The number of aliphatic hydroxyl groups excluding tert-OH is 3. The van der Waals surface area contributed by atoms with Gasteiger partial charge in [0.2, 0.25) is 0 Å². The van der Waals surface area contributed by atoms with Gasteiger partial charge in [0.15, 0.2) is 0 Å². The van der Waals surface area contributed by atoms with E-state index in [1.54, 1.807) is 0 Å². The first kappa shape index (κ1) is 16.0. The van der Waals surface area contributed by atoms with Gasteiger partial charge in [0.05, 0.1) is 18.3 Å². The van der Waals surface area contributed by atoms with Crippen LogP contribution in [0.3, 0.4) is 0 Å². The van der Waals surface area contributed by atoms with Crippen LogP contribution in [0.2, 0.25) is 0 Å². The van der Waals surface area contributed by atoms with Crippen LogP contribution in [0.1, 0.15) is 51.9 Å². The van der Waals surface area contributed by atoms with Gasteiger partial charge in [-0.2, -0.15) is 0 Å². The molecule has 0 aromatic rings. The first-order chi connectivity index (χ1) is 10.4. The smallest absolute Gasteiger partial charge is 0.0600 e. The van der Waals surface area contributed by atoms with Crippen molar-refractivity contribution in [3.63, 3.8) is 0 Å². The van der Waals surface area contributed by atoms with Crippen molar-refractivity contribution in [2.24, 2.45) is 11.3 Å². The average Bonchev–Trinajstić information content (AvgIpc) is 2.75. The Hall–Kier alpha value is -0.900. The summed E-state index contributed by atoms with van der Waals surface area (Å²) in [4.78, 5) is 0. The molecule has 0 aromatic heterocycles. The quantitative estimate of drug-likeness (QED) is 0.698. The van der Waals surface area contributed by atoms with Crippen LogP contribution in [-0.4, -0.2) is 33.6 Å². The lowest BCUT2D eigenvalue weighted by Crippen LogP contribution is -2.41. The summed E-state index contributed by atoms with van der Waals surface area (Å²) in [5.41, 5.74) is 3.31. The van der Waals surface area contributed by atoms with Crippen LogP contribution < -0.4 is 0 Å². The number of rotatable bonds is 1. The third-order valence-corrected chi connectivity index (χ3v) is 6.07. The minimum atomic E-state index is -0.362. The summed E-state index contributed by atoms with van der Waals surface area (Å²) in [5, 5.41) is 30.3. The molecule has 0 unspecified atom stereocenters. The summed E-state index contributed by atoms with van der Waals surface area (Å²) in [7, 11) is 0. The molecule has 3 N–H and O–H groups in total. The Morgan fingerprint density at radius 2 is 1.82 bits per heavy atom. The maximum absolute atomic E-state index is 10.3. The molecule has 0 heterocycles. The molecule has 0 amide bonds. The Balaban J connectivity index is 1.85. The molecule has 22 heavy (non-hydrogen) atoms. The van der Waals surface area contributed by atoms with Gasteiger partial charge in [0.1, 0.15) is 0 Å². The Morgan fingerprint density at radius 3 is 2.59 bits per heavy atom. The van der Waals surface area contributed by atoms with Crippen molar-refractivity contribution in [2.75, 3.05) is 0 Å². The molecule has 0 spiro atoms. The van der Waals surface area contributed by atoms with Gasteiger partial charge in [0, 0.05) is 5.41 Å². The highest BCUT2D eigenvalue weighted by Crippen LogP contribution is 2.54. The minimum Gasteiger partial charge on any atom is -0.393 e. The van der Waals surface area contributed by atoms with E-state index >= 15 is 0 Å². The summed E-state index contributed by atoms with van der Waals surface area (Å²) in [6, 6.07) is 0. The van der Waals surface area contributed by atoms with Gasteiger partial charge in [-0.05, 0) is 56.4 Å². The van der Waals surface area contributed by atoms with E-state index in [1.165, 1.54) is 5.57 Å². The van der Waals surface area contributed by atoms with Crippen molar-refractivity contribution in [3.8, 4) is 0 Å². The third kappa shape index (κ3) is 2.82. The highest BCUT2D eigenvalue weighted by atomic mass is 16.3. The second-order valence-corrected chi connectivity index (χ2v) is 7.65. The molecule has 3 fully saturated rings. The lowest BCUT2D eigenvalue weighted by molar-refractivity contribution is -0.0155. The molecule has 0 aliphatic heterocycles. The van der Waals surface area contributed by atoms with Gasteiger partial charge in [-0.1, -0.05) is 36.8 Å². The molecular formula is C19H28O3. The van der Waals surface area contributed by atoms with Gasteiger partial charge in [-0.25, -0.2) is 0 Å². The number of fused-ring (bicyclic) bond motifs is 1. The zero-order valence-corrected chi connectivity index (χ0v) is 13.5. The molecule has 0 radical (unpaired) electrons. The summed E-state index contributed by atoms with van der Waals surface area (Å²) >= 11 is 0. The Bertz CT molecular complexity index is 519. The number of hydrogen-bond donors (Lipinski definition) is 3. The van der Waals surface area contributed by atoms with E-state index in [0.717, 1.165) is 36.8 Å².